The Balaban J connectivity index is 1.24. The monoisotopic (exact) mass is 530 g/mol. The highest BCUT2D eigenvalue weighted by molar-refractivity contribution is 6.07. The van der Waals surface area contributed by atoms with E-state index in [1.165, 1.54) is 15.9 Å². The molecule has 0 radical (unpaired) electrons. The normalized spacial score (nSPS) is 29.9. The summed E-state index contributed by atoms with van der Waals surface area (Å²) < 4.78 is 28.7. The van der Waals surface area contributed by atoms with E-state index in [-0.39, 0.29) is 58.6 Å². The number of carbonyl (C=O) groups excluding carboxylic acids is 3. The molecule has 1 aromatic heterocycles. The number of aromatic nitrogens is 1. The number of H-pyrrole nitrogens is 1. The van der Waals surface area contributed by atoms with Crippen molar-refractivity contribution in [3.63, 3.8) is 0 Å². The number of halogens is 2. The number of nitrogens with zero attached hydrogens (tertiary/aromatic N) is 3. The summed E-state index contributed by atoms with van der Waals surface area (Å²) in [5, 5.41) is 2.89. The number of rotatable bonds is 2. The fourth-order valence-corrected chi connectivity index (χ4v) is 7.34. The van der Waals surface area contributed by atoms with Crippen LogP contribution in [0.15, 0.2) is 42.5 Å². The van der Waals surface area contributed by atoms with Crippen LogP contribution in [0.5, 0.6) is 0 Å². The number of fused-ring (bicyclic) bond motifs is 4. The first-order valence-electron chi connectivity index (χ1n) is 13.0. The molecule has 3 aliphatic heterocycles. The highest BCUT2D eigenvalue weighted by Gasteiger charge is 2.71. The number of carbonyl (C=O) groups is 3. The summed E-state index contributed by atoms with van der Waals surface area (Å²) in [5.41, 5.74) is 0.253. The van der Waals surface area contributed by atoms with Gasteiger partial charge < -0.3 is 15.2 Å². The van der Waals surface area contributed by atoms with Crippen LogP contribution in [-0.4, -0.2) is 57.8 Å². The van der Waals surface area contributed by atoms with Gasteiger partial charge in [-0.15, -0.1) is 0 Å². The molecule has 3 amide bonds. The number of aromatic amines is 1. The van der Waals surface area contributed by atoms with Crippen molar-refractivity contribution in [3.05, 3.63) is 70.2 Å². The zero-order valence-corrected chi connectivity index (χ0v) is 21.4. The molecular formula is C29H26F2N5O3+. The van der Waals surface area contributed by atoms with Gasteiger partial charge in [-0.3, -0.25) is 19.3 Å². The molecule has 0 bridgehead atoms. The van der Waals surface area contributed by atoms with E-state index in [0.717, 1.165) is 17.7 Å². The second-order valence-corrected chi connectivity index (χ2v) is 11.7. The van der Waals surface area contributed by atoms with E-state index < -0.39 is 35.2 Å². The molecule has 1 spiro atoms. The smallest absolute Gasteiger partial charge is 0.348 e. The summed E-state index contributed by atoms with van der Waals surface area (Å²) in [6.07, 6.45) is -0.514. The number of piperidine rings is 1. The molecule has 7 rings (SSSR count). The van der Waals surface area contributed by atoms with Gasteiger partial charge in [0.05, 0.1) is 11.9 Å². The van der Waals surface area contributed by atoms with Crippen LogP contribution in [-0.2, 0) is 15.0 Å². The van der Waals surface area contributed by atoms with Crippen molar-refractivity contribution in [2.75, 3.05) is 18.4 Å². The molecule has 198 valence electrons. The number of anilines is 1. The first-order chi connectivity index (χ1) is 18.6. The number of amides is 3. The fraction of sp³-hybridized carbons (Fsp3) is 0.379. The van der Waals surface area contributed by atoms with E-state index >= 15 is 0 Å². The lowest BCUT2D eigenvalue weighted by molar-refractivity contribution is -0.137. The van der Waals surface area contributed by atoms with Crippen LogP contribution in [0.4, 0.5) is 14.5 Å². The van der Waals surface area contributed by atoms with Crippen molar-refractivity contribution >= 4 is 34.3 Å². The number of benzene rings is 2. The maximum Gasteiger partial charge on any atom is 0.350 e. The average Bonchev–Trinajstić information content (AvgIpc) is 3.51. The van der Waals surface area contributed by atoms with Crippen LogP contribution in [0.25, 0.3) is 15.7 Å². The molecule has 8 nitrogen and oxygen atoms in total. The van der Waals surface area contributed by atoms with Gasteiger partial charge in [0.2, 0.25) is 5.91 Å². The van der Waals surface area contributed by atoms with E-state index in [0.29, 0.717) is 12.2 Å². The predicted molar refractivity (Wildman–Crippen MR) is 139 cm³/mol. The predicted octanol–water partition coefficient (Wildman–Crippen LogP) is 3.95. The van der Waals surface area contributed by atoms with Gasteiger partial charge in [0.25, 0.3) is 18.4 Å². The Hall–Kier alpha value is -4.26. The van der Waals surface area contributed by atoms with Crippen molar-refractivity contribution in [2.45, 2.75) is 37.9 Å². The molecule has 5 atom stereocenters. The summed E-state index contributed by atoms with van der Waals surface area (Å²) in [6.45, 7) is 10.3. The third-order valence-electron chi connectivity index (χ3n) is 9.55. The van der Waals surface area contributed by atoms with E-state index in [4.69, 9.17) is 6.57 Å². The third-order valence-corrected chi connectivity index (χ3v) is 9.55. The second-order valence-electron chi connectivity index (χ2n) is 11.7. The number of likely N-dealkylation sites (tertiary alicyclic amines) is 2. The van der Waals surface area contributed by atoms with E-state index in [9.17, 15) is 23.2 Å². The zero-order chi connectivity index (χ0) is 27.4. The SMILES string of the molecule is C#[N+][C@@H]1C[C@@]2(CN1C(=O)[C@@H]1[C@@H]3[C@H](CN1C(=O)c1cc4c(F)ccc(F)c4[nH]1)C3(C)C)C(=O)Nc1ccccc12. The molecule has 2 N–H and O–H groups in total. The van der Waals surface area contributed by atoms with Crippen LogP contribution >= 0.6 is 0 Å². The number of para-hydroxylation sites is 1. The second kappa shape index (κ2) is 7.65. The average molecular weight is 531 g/mol. The van der Waals surface area contributed by atoms with Crippen molar-refractivity contribution in [2.24, 2.45) is 17.3 Å². The summed E-state index contributed by atoms with van der Waals surface area (Å²) in [4.78, 5) is 50.9. The number of hydrogen-bond donors (Lipinski definition) is 2. The molecule has 39 heavy (non-hydrogen) atoms. The Morgan fingerprint density at radius 1 is 1.10 bits per heavy atom. The van der Waals surface area contributed by atoms with E-state index in [2.05, 4.69) is 29.0 Å². The van der Waals surface area contributed by atoms with E-state index in [1.54, 1.807) is 0 Å². The largest absolute Gasteiger partial charge is 0.350 e. The maximum absolute atomic E-state index is 14.3. The van der Waals surface area contributed by atoms with Crippen LogP contribution in [0.1, 0.15) is 36.3 Å². The van der Waals surface area contributed by atoms with Crippen molar-refractivity contribution in [3.8, 4) is 6.57 Å². The molecular weight excluding hydrogens is 504 g/mol. The summed E-state index contributed by atoms with van der Waals surface area (Å²) in [6, 6.07) is 9.85. The van der Waals surface area contributed by atoms with Gasteiger partial charge in [-0.25, -0.2) is 8.78 Å². The fourth-order valence-electron chi connectivity index (χ4n) is 7.34. The minimum absolute atomic E-state index is 0.00737. The molecule has 2 aromatic carbocycles. The highest BCUT2D eigenvalue weighted by Crippen LogP contribution is 2.65. The summed E-state index contributed by atoms with van der Waals surface area (Å²) in [7, 11) is 0. The first kappa shape index (κ1) is 23.8. The van der Waals surface area contributed by atoms with Crippen molar-refractivity contribution < 1.29 is 23.2 Å². The Bertz CT molecular complexity index is 1620. The molecule has 3 fully saturated rings. The van der Waals surface area contributed by atoms with Crippen LogP contribution < -0.4 is 5.32 Å². The van der Waals surface area contributed by atoms with Gasteiger partial charge >= 0.3 is 6.17 Å². The van der Waals surface area contributed by atoms with E-state index in [1.807, 2.05) is 24.3 Å². The topological polar surface area (TPSA) is 89.9 Å². The number of hydrogen-bond acceptors (Lipinski definition) is 3. The minimum atomic E-state index is -0.988. The minimum Gasteiger partial charge on any atom is -0.348 e. The molecule has 4 heterocycles. The zero-order valence-electron chi connectivity index (χ0n) is 21.4. The Morgan fingerprint density at radius 3 is 2.59 bits per heavy atom. The van der Waals surface area contributed by atoms with Crippen molar-refractivity contribution in [1.82, 2.24) is 14.8 Å². The first-order valence-corrected chi connectivity index (χ1v) is 13.0. The van der Waals surface area contributed by atoms with Crippen LogP contribution in [0.3, 0.4) is 0 Å². The van der Waals surface area contributed by atoms with Gasteiger partial charge in [-0.1, -0.05) is 36.9 Å². The van der Waals surface area contributed by atoms with Gasteiger partial charge in [0.15, 0.2) is 0 Å². The lowest BCUT2D eigenvalue weighted by Gasteiger charge is -2.32. The van der Waals surface area contributed by atoms with Crippen LogP contribution in [0.2, 0.25) is 0 Å². The molecule has 4 aliphatic rings. The van der Waals surface area contributed by atoms with Gasteiger partial charge in [-0.2, -0.15) is 0 Å². The molecule has 2 saturated heterocycles. The quantitative estimate of drug-likeness (QED) is 0.526. The van der Waals surface area contributed by atoms with Gasteiger partial charge in [-0.05, 0) is 47.1 Å². The van der Waals surface area contributed by atoms with Gasteiger partial charge in [0.1, 0.15) is 28.8 Å². The Labute approximate surface area is 222 Å². The maximum atomic E-state index is 14.3. The molecule has 10 heteroatoms. The lowest BCUT2D eigenvalue weighted by Crippen LogP contribution is -2.52. The molecule has 0 unspecified atom stereocenters. The Morgan fingerprint density at radius 2 is 1.85 bits per heavy atom. The molecule has 1 saturated carbocycles. The molecule has 3 aromatic rings. The van der Waals surface area contributed by atoms with Crippen molar-refractivity contribution in [1.29, 1.82) is 0 Å². The summed E-state index contributed by atoms with van der Waals surface area (Å²) >= 11 is 0. The summed E-state index contributed by atoms with van der Waals surface area (Å²) in [5.74, 6) is -2.38. The Kier molecular flexibility index (Phi) is 4.68. The standard InChI is InChI=1S/C29H25F2N5O3/c1-28(2)16-12-35(25(37)20-10-14-17(30)8-9-18(31)23(14)33-20)24(22(16)28)26(38)36-13-29(11-21(36)32-3)15-6-4-5-7-19(15)34-27(29)39/h3-10,16,21-22,24H,11-13H2,1-2H3,(H-,33,34,37,39)/p+1/t16-,21-,22-,24-,29-/m0/s1. The third kappa shape index (κ3) is 3.04. The van der Waals surface area contributed by atoms with Gasteiger partial charge in [0, 0.05) is 24.2 Å². The molecule has 1 aliphatic carbocycles. The lowest BCUT2D eigenvalue weighted by atomic mass is 9.80. The highest BCUT2D eigenvalue weighted by atomic mass is 19.1. The number of nitrogens with one attached hydrogen (secondary N) is 2. The van der Waals surface area contributed by atoms with Crippen LogP contribution in [0, 0.1) is 35.5 Å².